The van der Waals surface area contributed by atoms with Gasteiger partial charge >= 0.3 is 0 Å². The van der Waals surface area contributed by atoms with E-state index in [4.69, 9.17) is 0 Å². The normalized spacial score (nSPS) is 18.2. The molecule has 0 heterocycles. The molecule has 2 aromatic carbocycles. The second-order valence-electron chi connectivity index (χ2n) is 6.32. The summed E-state index contributed by atoms with van der Waals surface area (Å²) < 4.78 is 0. The van der Waals surface area contributed by atoms with Crippen LogP contribution in [0, 0.1) is 6.92 Å². The molecule has 1 fully saturated rings. The van der Waals surface area contributed by atoms with Gasteiger partial charge in [-0.3, -0.25) is 0 Å². The molecule has 0 bridgehead atoms. The highest BCUT2D eigenvalue weighted by molar-refractivity contribution is 5.81. The third-order valence-corrected chi connectivity index (χ3v) is 4.59. The van der Waals surface area contributed by atoms with Crippen molar-refractivity contribution in [3.05, 3.63) is 82.6 Å². The molecule has 0 saturated heterocycles. The highest BCUT2D eigenvalue weighted by Crippen LogP contribution is 2.28. The van der Waals surface area contributed by atoms with Crippen molar-refractivity contribution in [2.24, 2.45) is 0 Å². The van der Waals surface area contributed by atoms with Crippen LogP contribution in [0.15, 0.2) is 65.9 Å². The van der Waals surface area contributed by atoms with Crippen LogP contribution in [0.1, 0.15) is 48.8 Å². The van der Waals surface area contributed by atoms with Crippen molar-refractivity contribution in [2.45, 2.75) is 45.1 Å². The standard InChI is InChI=1S/C22H24O/c1-17-10-8-9-14-20(17)21(18-11-4-2-5-12-18)16-19-13-6-3-7-15-22(19)23/h2,4-5,8-12,14,22-23H,3,6-7,13,15H2,1H3/t16?,22-/m1/s1. The van der Waals surface area contributed by atoms with Gasteiger partial charge in [0.25, 0.3) is 0 Å². The SMILES string of the molecule is Cc1ccccc1C(=C=C1CCCCC[C@H]1O)c1ccccc1. The number of aliphatic hydroxyl groups excluding tert-OH is 1. The van der Waals surface area contributed by atoms with E-state index in [1.165, 1.54) is 17.5 Å². The average Bonchev–Trinajstić information content (AvgIpc) is 2.79. The number of hydrogen-bond acceptors (Lipinski definition) is 1. The van der Waals surface area contributed by atoms with Crippen molar-refractivity contribution in [3.8, 4) is 0 Å². The van der Waals surface area contributed by atoms with E-state index in [1.807, 2.05) is 6.07 Å². The Hall–Kier alpha value is -2.08. The van der Waals surface area contributed by atoms with Crippen LogP contribution >= 0.6 is 0 Å². The average molecular weight is 304 g/mol. The van der Waals surface area contributed by atoms with Crippen molar-refractivity contribution >= 4 is 5.57 Å². The summed E-state index contributed by atoms with van der Waals surface area (Å²) in [6, 6.07) is 18.8. The largest absolute Gasteiger partial charge is 0.388 e. The molecule has 118 valence electrons. The van der Waals surface area contributed by atoms with E-state index in [0.29, 0.717) is 0 Å². The molecule has 1 saturated carbocycles. The van der Waals surface area contributed by atoms with Crippen LogP contribution in [0.2, 0.25) is 0 Å². The molecule has 1 atom stereocenters. The zero-order valence-electron chi connectivity index (χ0n) is 13.8. The molecule has 0 amide bonds. The zero-order valence-corrected chi connectivity index (χ0v) is 13.8. The van der Waals surface area contributed by atoms with Gasteiger partial charge in [-0.2, -0.15) is 0 Å². The fourth-order valence-corrected chi connectivity index (χ4v) is 3.23. The molecule has 1 nitrogen and oxygen atoms in total. The maximum atomic E-state index is 10.4. The van der Waals surface area contributed by atoms with Crippen LogP contribution in [0.5, 0.6) is 0 Å². The lowest BCUT2D eigenvalue weighted by atomic mass is 9.93. The van der Waals surface area contributed by atoms with Crippen molar-refractivity contribution < 1.29 is 5.11 Å². The highest BCUT2D eigenvalue weighted by atomic mass is 16.3. The molecular formula is C22H24O. The Bertz CT molecular complexity index is 721. The monoisotopic (exact) mass is 304 g/mol. The lowest BCUT2D eigenvalue weighted by molar-refractivity contribution is 0.199. The maximum absolute atomic E-state index is 10.4. The summed E-state index contributed by atoms with van der Waals surface area (Å²) in [5.74, 6) is 0. The van der Waals surface area contributed by atoms with Crippen LogP contribution in [0.4, 0.5) is 0 Å². The second kappa shape index (κ2) is 7.46. The van der Waals surface area contributed by atoms with Crippen molar-refractivity contribution in [1.29, 1.82) is 0 Å². The van der Waals surface area contributed by atoms with Crippen LogP contribution in [-0.4, -0.2) is 11.2 Å². The third kappa shape index (κ3) is 3.82. The van der Waals surface area contributed by atoms with Crippen LogP contribution in [0.3, 0.4) is 0 Å². The van der Waals surface area contributed by atoms with Crippen LogP contribution < -0.4 is 0 Å². The summed E-state index contributed by atoms with van der Waals surface area (Å²) in [7, 11) is 0. The Labute approximate surface area is 139 Å². The summed E-state index contributed by atoms with van der Waals surface area (Å²) in [6.07, 6.45) is 4.92. The van der Waals surface area contributed by atoms with Gasteiger partial charge in [0, 0.05) is 11.1 Å². The predicted octanol–water partition coefficient (Wildman–Crippen LogP) is 5.28. The molecule has 1 heteroatoms. The van der Waals surface area contributed by atoms with Gasteiger partial charge in [-0.1, -0.05) is 67.4 Å². The van der Waals surface area contributed by atoms with E-state index in [2.05, 4.69) is 61.2 Å². The molecule has 0 unspecified atom stereocenters. The Balaban J connectivity index is 2.20. The first kappa shape index (κ1) is 15.8. The van der Waals surface area contributed by atoms with Crippen molar-refractivity contribution in [2.75, 3.05) is 0 Å². The molecule has 0 aliphatic heterocycles. The third-order valence-electron chi connectivity index (χ3n) is 4.59. The first-order chi connectivity index (χ1) is 11.3. The minimum atomic E-state index is -0.347. The molecule has 0 spiro atoms. The van der Waals surface area contributed by atoms with Crippen molar-refractivity contribution in [3.63, 3.8) is 0 Å². The van der Waals surface area contributed by atoms with Gasteiger partial charge < -0.3 is 5.11 Å². The predicted molar refractivity (Wildman–Crippen MR) is 96.2 cm³/mol. The van der Waals surface area contributed by atoms with Gasteiger partial charge in [0.1, 0.15) is 0 Å². The van der Waals surface area contributed by atoms with Gasteiger partial charge in [-0.15, -0.1) is 5.73 Å². The van der Waals surface area contributed by atoms with E-state index in [-0.39, 0.29) is 6.10 Å². The number of aliphatic hydroxyl groups is 1. The van der Waals surface area contributed by atoms with Gasteiger partial charge in [-0.25, -0.2) is 0 Å². The molecule has 1 N–H and O–H groups in total. The fourth-order valence-electron chi connectivity index (χ4n) is 3.23. The van der Waals surface area contributed by atoms with E-state index in [1.54, 1.807) is 0 Å². The summed E-state index contributed by atoms with van der Waals surface area (Å²) in [5, 5.41) is 10.4. The molecule has 0 aromatic heterocycles. The lowest BCUT2D eigenvalue weighted by Gasteiger charge is -2.12. The Morgan fingerprint density at radius 3 is 2.48 bits per heavy atom. The molecule has 0 radical (unpaired) electrons. The first-order valence-corrected chi connectivity index (χ1v) is 8.55. The van der Waals surface area contributed by atoms with Gasteiger partial charge in [0.15, 0.2) is 0 Å². The number of rotatable bonds is 2. The maximum Gasteiger partial charge on any atom is 0.0824 e. The zero-order chi connectivity index (χ0) is 16.1. The molecule has 2 aromatic rings. The minimum absolute atomic E-state index is 0.347. The first-order valence-electron chi connectivity index (χ1n) is 8.55. The van der Waals surface area contributed by atoms with Crippen LogP contribution in [-0.2, 0) is 0 Å². The summed E-state index contributed by atoms with van der Waals surface area (Å²) in [5.41, 5.74) is 9.35. The van der Waals surface area contributed by atoms with E-state index >= 15 is 0 Å². The fraction of sp³-hybridized carbons (Fsp3) is 0.318. The Kier molecular flexibility index (Phi) is 5.12. The van der Waals surface area contributed by atoms with Gasteiger partial charge in [-0.05, 0) is 42.9 Å². The Morgan fingerprint density at radius 1 is 0.957 bits per heavy atom. The molecular weight excluding hydrogens is 280 g/mol. The van der Waals surface area contributed by atoms with E-state index in [0.717, 1.165) is 42.4 Å². The second-order valence-corrected chi connectivity index (χ2v) is 6.32. The molecule has 3 rings (SSSR count). The Morgan fingerprint density at radius 2 is 1.70 bits per heavy atom. The van der Waals surface area contributed by atoms with Gasteiger partial charge in [0.2, 0.25) is 0 Å². The van der Waals surface area contributed by atoms with E-state index in [9.17, 15) is 5.11 Å². The minimum Gasteiger partial charge on any atom is -0.388 e. The lowest BCUT2D eigenvalue weighted by Crippen LogP contribution is -2.07. The number of benzene rings is 2. The quantitative estimate of drug-likeness (QED) is 0.591. The molecule has 1 aliphatic carbocycles. The smallest absolute Gasteiger partial charge is 0.0824 e. The highest BCUT2D eigenvalue weighted by Gasteiger charge is 2.15. The summed E-state index contributed by atoms with van der Waals surface area (Å²) in [6.45, 7) is 2.13. The molecule has 23 heavy (non-hydrogen) atoms. The number of hydrogen-bond donors (Lipinski definition) is 1. The van der Waals surface area contributed by atoms with Crippen molar-refractivity contribution in [1.82, 2.24) is 0 Å². The topological polar surface area (TPSA) is 20.2 Å². The summed E-state index contributed by atoms with van der Waals surface area (Å²) >= 11 is 0. The van der Waals surface area contributed by atoms with Gasteiger partial charge in [0.05, 0.1) is 6.10 Å². The molecule has 1 aliphatic rings. The van der Waals surface area contributed by atoms with E-state index < -0.39 is 0 Å². The number of aryl methyl sites for hydroxylation is 1. The summed E-state index contributed by atoms with van der Waals surface area (Å²) in [4.78, 5) is 0. The van der Waals surface area contributed by atoms with Crippen LogP contribution in [0.25, 0.3) is 5.57 Å².